The summed E-state index contributed by atoms with van der Waals surface area (Å²) in [6.07, 6.45) is -0.594. The molecule has 198 valence electrons. The highest BCUT2D eigenvalue weighted by Crippen LogP contribution is 2.34. The van der Waals surface area contributed by atoms with Gasteiger partial charge in [-0.3, -0.25) is 4.90 Å². The van der Waals surface area contributed by atoms with Crippen molar-refractivity contribution in [3.05, 3.63) is 23.8 Å². The van der Waals surface area contributed by atoms with E-state index in [1.807, 2.05) is 0 Å². The van der Waals surface area contributed by atoms with E-state index < -0.39 is 26.7 Å². The average Bonchev–Trinajstić information content (AvgIpc) is 3.30. The van der Waals surface area contributed by atoms with E-state index >= 15 is 0 Å². The normalized spacial score (nSPS) is 23.6. The summed E-state index contributed by atoms with van der Waals surface area (Å²) in [7, 11) is -4.19. The smallest absolute Gasteiger partial charge is 0.382 e. The maximum atomic E-state index is 13.4. The number of alkyl halides is 3. The molecule has 1 aromatic carbocycles. The van der Waals surface area contributed by atoms with E-state index in [4.69, 9.17) is 14.2 Å². The first-order valence-corrected chi connectivity index (χ1v) is 13.7. The first kappa shape index (κ1) is 26.6. The van der Waals surface area contributed by atoms with Crippen LogP contribution in [0.3, 0.4) is 0 Å². The van der Waals surface area contributed by atoms with Crippen molar-refractivity contribution >= 4 is 15.7 Å². The second kappa shape index (κ2) is 11.7. The van der Waals surface area contributed by atoms with E-state index in [0.29, 0.717) is 58.1 Å². The molecule has 3 aliphatic rings. The molecule has 3 aliphatic heterocycles. The Hall–Kier alpha value is -1.44. The van der Waals surface area contributed by atoms with Crippen molar-refractivity contribution in [3.63, 3.8) is 0 Å². The number of nitrogens with one attached hydrogen (secondary N) is 2. The number of rotatable bonds is 9. The van der Waals surface area contributed by atoms with E-state index in [1.54, 1.807) is 0 Å². The summed E-state index contributed by atoms with van der Waals surface area (Å²) in [5, 5.41) is 2.96. The molecule has 0 aliphatic carbocycles. The van der Waals surface area contributed by atoms with Gasteiger partial charge in [0.1, 0.15) is 4.90 Å². The van der Waals surface area contributed by atoms with Crippen LogP contribution in [0.1, 0.15) is 37.7 Å². The van der Waals surface area contributed by atoms with Crippen LogP contribution in [0.25, 0.3) is 0 Å². The number of sulfonamides is 1. The number of likely N-dealkylation sites (tertiary alicyclic amines) is 1. The predicted octanol–water partition coefficient (Wildman–Crippen LogP) is 2.84. The molecular formula is C23H34F3N3O5S. The Morgan fingerprint density at radius 1 is 1.03 bits per heavy atom. The average molecular weight is 522 g/mol. The highest BCUT2D eigenvalue weighted by atomic mass is 32.2. The van der Waals surface area contributed by atoms with Crippen molar-refractivity contribution in [1.82, 2.24) is 9.62 Å². The Kier molecular flexibility index (Phi) is 8.93. The highest BCUT2D eigenvalue weighted by Gasteiger charge is 2.35. The number of hydrogen-bond acceptors (Lipinski definition) is 7. The van der Waals surface area contributed by atoms with Crippen molar-refractivity contribution in [2.45, 2.75) is 61.4 Å². The van der Waals surface area contributed by atoms with Gasteiger partial charge in [0, 0.05) is 58.1 Å². The summed E-state index contributed by atoms with van der Waals surface area (Å²) >= 11 is 0. The van der Waals surface area contributed by atoms with Crippen molar-refractivity contribution < 1.29 is 35.8 Å². The molecule has 0 aromatic heterocycles. The molecule has 3 fully saturated rings. The molecule has 0 bridgehead atoms. The van der Waals surface area contributed by atoms with Crippen LogP contribution in [0.2, 0.25) is 0 Å². The Balaban J connectivity index is 1.42. The van der Waals surface area contributed by atoms with E-state index in [0.717, 1.165) is 38.3 Å². The SMILES string of the molecule is O=S(=O)(NC1CCN(C2CCOCC2)C1)c1cc(C(F)(F)F)ccc1NCCOC1CCOCC1. The highest BCUT2D eigenvalue weighted by molar-refractivity contribution is 7.89. The van der Waals surface area contributed by atoms with Crippen LogP contribution >= 0.6 is 0 Å². The molecule has 1 aromatic rings. The van der Waals surface area contributed by atoms with Gasteiger partial charge in [0.15, 0.2) is 0 Å². The van der Waals surface area contributed by atoms with E-state index in [-0.39, 0.29) is 24.4 Å². The third-order valence-electron chi connectivity index (χ3n) is 6.79. The Morgan fingerprint density at radius 3 is 2.40 bits per heavy atom. The molecule has 12 heteroatoms. The van der Waals surface area contributed by atoms with Gasteiger partial charge < -0.3 is 19.5 Å². The summed E-state index contributed by atoms with van der Waals surface area (Å²) in [5.74, 6) is 0. The van der Waals surface area contributed by atoms with Crippen LogP contribution in [-0.4, -0.2) is 84.2 Å². The summed E-state index contributed by atoms with van der Waals surface area (Å²) in [5.41, 5.74) is -0.877. The zero-order chi connectivity index (χ0) is 24.9. The maximum Gasteiger partial charge on any atom is 0.416 e. The zero-order valence-corrected chi connectivity index (χ0v) is 20.5. The van der Waals surface area contributed by atoms with Crippen molar-refractivity contribution in [1.29, 1.82) is 0 Å². The van der Waals surface area contributed by atoms with Gasteiger partial charge in [0.05, 0.1) is 24.0 Å². The number of ether oxygens (including phenoxy) is 3. The molecule has 3 saturated heterocycles. The van der Waals surface area contributed by atoms with Crippen molar-refractivity contribution in [2.24, 2.45) is 0 Å². The fraction of sp³-hybridized carbons (Fsp3) is 0.739. The molecule has 1 unspecified atom stereocenters. The van der Waals surface area contributed by atoms with Gasteiger partial charge in [-0.05, 0) is 50.3 Å². The van der Waals surface area contributed by atoms with Crippen LogP contribution in [0, 0.1) is 0 Å². The topological polar surface area (TPSA) is 89.1 Å². The number of halogens is 3. The minimum absolute atomic E-state index is 0.0732. The lowest BCUT2D eigenvalue weighted by molar-refractivity contribution is -0.137. The first-order valence-electron chi connectivity index (χ1n) is 12.2. The number of benzene rings is 1. The van der Waals surface area contributed by atoms with Gasteiger partial charge >= 0.3 is 6.18 Å². The molecule has 0 spiro atoms. The van der Waals surface area contributed by atoms with Gasteiger partial charge in [0.25, 0.3) is 0 Å². The Labute approximate surface area is 204 Å². The van der Waals surface area contributed by atoms with E-state index in [9.17, 15) is 21.6 Å². The standard InChI is InChI=1S/C23H34F3N3O5S/c24-23(25,26)17-1-2-21(27-8-14-34-20-6-12-33-13-7-20)22(15-17)35(30,31)28-18-3-9-29(16-18)19-4-10-32-11-5-19/h1-2,15,18-20,27-28H,3-14,16H2. The zero-order valence-electron chi connectivity index (χ0n) is 19.7. The van der Waals surface area contributed by atoms with Crippen LogP contribution in [0.15, 0.2) is 23.1 Å². The quantitative estimate of drug-likeness (QED) is 0.483. The molecule has 2 N–H and O–H groups in total. The van der Waals surface area contributed by atoms with Crippen LogP contribution in [0.4, 0.5) is 18.9 Å². The van der Waals surface area contributed by atoms with Gasteiger partial charge in [-0.2, -0.15) is 13.2 Å². The third-order valence-corrected chi connectivity index (χ3v) is 8.35. The van der Waals surface area contributed by atoms with Gasteiger partial charge in [0.2, 0.25) is 10.0 Å². The molecule has 0 amide bonds. The second-order valence-corrected chi connectivity index (χ2v) is 10.9. The Morgan fingerprint density at radius 2 is 1.71 bits per heavy atom. The molecule has 35 heavy (non-hydrogen) atoms. The number of anilines is 1. The van der Waals surface area contributed by atoms with E-state index in [2.05, 4.69) is 14.9 Å². The lowest BCUT2D eigenvalue weighted by atomic mass is 10.1. The summed E-state index contributed by atoms with van der Waals surface area (Å²) in [4.78, 5) is 1.84. The van der Waals surface area contributed by atoms with Crippen LogP contribution in [-0.2, 0) is 30.4 Å². The number of hydrogen-bond donors (Lipinski definition) is 2. The van der Waals surface area contributed by atoms with Gasteiger partial charge in [-0.15, -0.1) is 0 Å². The van der Waals surface area contributed by atoms with Gasteiger partial charge in [-0.25, -0.2) is 13.1 Å². The van der Waals surface area contributed by atoms with Crippen molar-refractivity contribution in [2.75, 3.05) is 58.0 Å². The van der Waals surface area contributed by atoms with Crippen LogP contribution in [0.5, 0.6) is 0 Å². The third kappa shape index (κ3) is 7.30. The monoisotopic (exact) mass is 521 g/mol. The maximum absolute atomic E-state index is 13.4. The fourth-order valence-electron chi connectivity index (χ4n) is 4.87. The van der Waals surface area contributed by atoms with Crippen LogP contribution < -0.4 is 10.0 Å². The van der Waals surface area contributed by atoms with Gasteiger partial charge in [-0.1, -0.05) is 0 Å². The van der Waals surface area contributed by atoms with E-state index in [1.165, 1.54) is 6.07 Å². The summed E-state index contributed by atoms with van der Waals surface area (Å²) < 4.78 is 85.8. The fourth-order valence-corrected chi connectivity index (χ4v) is 6.34. The molecular weight excluding hydrogens is 487 g/mol. The van der Waals surface area contributed by atoms with Crippen molar-refractivity contribution in [3.8, 4) is 0 Å². The predicted molar refractivity (Wildman–Crippen MR) is 124 cm³/mol. The first-order chi connectivity index (χ1) is 16.7. The summed E-state index contributed by atoms with van der Waals surface area (Å²) in [6.45, 7) is 4.51. The minimum atomic E-state index is -4.65. The largest absolute Gasteiger partial charge is 0.416 e. The molecule has 0 saturated carbocycles. The second-order valence-electron chi connectivity index (χ2n) is 9.26. The molecule has 1 atom stereocenters. The lowest BCUT2D eigenvalue weighted by Crippen LogP contribution is -2.42. The summed E-state index contributed by atoms with van der Waals surface area (Å²) in [6, 6.07) is 2.76. The molecule has 3 heterocycles. The molecule has 4 rings (SSSR count). The lowest BCUT2D eigenvalue weighted by Gasteiger charge is -2.31. The minimum Gasteiger partial charge on any atom is -0.382 e. The number of nitrogens with zero attached hydrogens (tertiary/aromatic N) is 1. The molecule has 8 nitrogen and oxygen atoms in total. The Bertz CT molecular complexity index is 935. The molecule has 0 radical (unpaired) electrons.